The van der Waals surface area contributed by atoms with Gasteiger partial charge in [-0.05, 0) is 19.3 Å². The van der Waals surface area contributed by atoms with Crippen LogP contribution in [0.1, 0.15) is 18.4 Å². The molecule has 14 heavy (non-hydrogen) atoms. The molecule has 0 saturated heterocycles. The zero-order valence-corrected chi connectivity index (χ0v) is 7.70. The summed E-state index contributed by atoms with van der Waals surface area (Å²) in [5.74, 6) is -0.343. The Morgan fingerprint density at radius 2 is 1.64 bits per heavy atom. The summed E-state index contributed by atoms with van der Waals surface area (Å²) in [5.41, 5.74) is 6.02. The maximum atomic E-state index is 9.49. The van der Waals surface area contributed by atoms with Gasteiger partial charge in [-0.15, -0.1) is 0 Å². The lowest BCUT2D eigenvalue weighted by Gasteiger charge is -2.12. The zero-order chi connectivity index (χ0) is 10.3. The maximum Gasteiger partial charge on any atom is 0.126 e. The molecule has 1 fully saturated rings. The third-order valence-corrected chi connectivity index (χ3v) is 2.61. The van der Waals surface area contributed by atoms with Gasteiger partial charge in [-0.2, -0.15) is 0 Å². The summed E-state index contributed by atoms with van der Waals surface area (Å²) < 4.78 is 0. The Morgan fingerprint density at radius 3 is 2.07 bits per heavy atom. The minimum Gasteiger partial charge on any atom is -0.508 e. The molecule has 1 saturated carbocycles. The topological polar surface area (TPSA) is 86.7 Å². The molecule has 0 unspecified atom stereocenters. The van der Waals surface area contributed by atoms with Crippen molar-refractivity contribution in [3.63, 3.8) is 0 Å². The summed E-state index contributed by atoms with van der Waals surface area (Å²) in [7, 11) is 0. The Morgan fingerprint density at radius 1 is 1.14 bits per heavy atom. The van der Waals surface area contributed by atoms with E-state index in [1.807, 2.05) is 0 Å². The molecule has 1 aromatic carbocycles. The molecule has 0 spiro atoms. The predicted molar refractivity (Wildman–Crippen MR) is 51.3 cm³/mol. The highest BCUT2D eigenvalue weighted by Crippen LogP contribution is 2.41. The summed E-state index contributed by atoms with van der Waals surface area (Å²) >= 11 is 0. The van der Waals surface area contributed by atoms with Crippen LogP contribution >= 0.6 is 0 Å². The Kier molecular flexibility index (Phi) is 1.82. The van der Waals surface area contributed by atoms with Crippen molar-refractivity contribution in [3.05, 3.63) is 17.7 Å². The molecule has 0 bridgehead atoms. The Bertz CT molecular complexity index is 349. The predicted octanol–water partition coefficient (Wildman–Crippen LogP) is 0.837. The molecule has 1 aliphatic carbocycles. The van der Waals surface area contributed by atoms with Gasteiger partial charge < -0.3 is 21.1 Å². The highest BCUT2D eigenvalue weighted by atomic mass is 16.3. The van der Waals surface area contributed by atoms with Gasteiger partial charge in [0.05, 0.1) is 0 Å². The molecule has 0 heterocycles. The first-order chi connectivity index (χ1) is 6.50. The molecule has 4 nitrogen and oxygen atoms in total. The molecule has 76 valence electrons. The van der Waals surface area contributed by atoms with Gasteiger partial charge in [0.1, 0.15) is 17.2 Å². The Balaban J connectivity index is 2.32. The number of benzene rings is 1. The second-order valence-corrected chi connectivity index (χ2v) is 4.00. The maximum absolute atomic E-state index is 9.49. The van der Waals surface area contributed by atoms with Crippen LogP contribution in [0.5, 0.6) is 17.2 Å². The van der Waals surface area contributed by atoms with Gasteiger partial charge in [-0.1, -0.05) is 0 Å². The van der Waals surface area contributed by atoms with E-state index in [2.05, 4.69) is 0 Å². The minimum atomic E-state index is -0.272. The van der Waals surface area contributed by atoms with E-state index in [0.29, 0.717) is 12.0 Å². The normalized spacial score (nSPS) is 18.1. The number of hydrogen-bond donors (Lipinski definition) is 4. The van der Waals surface area contributed by atoms with Crippen LogP contribution in [-0.2, 0) is 6.42 Å². The van der Waals surface area contributed by atoms with E-state index in [4.69, 9.17) is 10.8 Å². The van der Waals surface area contributed by atoms with E-state index in [-0.39, 0.29) is 22.8 Å². The van der Waals surface area contributed by atoms with E-state index < -0.39 is 0 Å². The Labute approximate surface area is 81.6 Å². The monoisotopic (exact) mass is 195 g/mol. The minimum absolute atomic E-state index is 0.0979. The van der Waals surface area contributed by atoms with Crippen LogP contribution in [-0.4, -0.2) is 20.9 Å². The van der Waals surface area contributed by atoms with E-state index in [1.165, 1.54) is 12.1 Å². The molecule has 0 atom stereocenters. The molecule has 0 amide bonds. The van der Waals surface area contributed by atoms with Gasteiger partial charge in [0.2, 0.25) is 0 Å². The van der Waals surface area contributed by atoms with E-state index in [0.717, 1.165) is 12.8 Å². The van der Waals surface area contributed by atoms with Gasteiger partial charge in [-0.25, -0.2) is 0 Å². The number of phenolic OH excluding ortho intramolecular Hbond substituents is 3. The largest absolute Gasteiger partial charge is 0.508 e. The fraction of sp³-hybridized carbons (Fsp3) is 0.400. The van der Waals surface area contributed by atoms with Crippen molar-refractivity contribution in [3.8, 4) is 17.2 Å². The van der Waals surface area contributed by atoms with Crippen LogP contribution in [0, 0.1) is 0 Å². The average Bonchev–Trinajstić information content (AvgIpc) is 2.77. The smallest absolute Gasteiger partial charge is 0.126 e. The summed E-state index contributed by atoms with van der Waals surface area (Å²) in [6.07, 6.45) is 2.27. The SMILES string of the molecule is NC1(Cc2c(O)cc(O)cc2O)CC1. The summed E-state index contributed by atoms with van der Waals surface area (Å²) in [6, 6.07) is 2.42. The van der Waals surface area contributed by atoms with Crippen LogP contribution in [0.25, 0.3) is 0 Å². The molecule has 0 aromatic heterocycles. The molecular formula is C10H13NO3. The second-order valence-electron chi connectivity index (χ2n) is 4.00. The van der Waals surface area contributed by atoms with Crippen LogP contribution < -0.4 is 5.73 Å². The summed E-state index contributed by atoms with van der Waals surface area (Å²) in [5, 5.41) is 28.1. The van der Waals surface area contributed by atoms with Crippen molar-refractivity contribution in [2.45, 2.75) is 24.8 Å². The average molecular weight is 195 g/mol. The molecule has 2 rings (SSSR count). The van der Waals surface area contributed by atoms with Gasteiger partial charge in [0.25, 0.3) is 0 Å². The molecular weight excluding hydrogens is 182 g/mol. The van der Waals surface area contributed by atoms with Crippen LogP contribution in [0.15, 0.2) is 12.1 Å². The van der Waals surface area contributed by atoms with Gasteiger partial charge in [0, 0.05) is 23.2 Å². The van der Waals surface area contributed by atoms with Crippen molar-refractivity contribution in [1.82, 2.24) is 0 Å². The molecule has 4 heteroatoms. The standard InChI is InChI=1S/C10H13NO3/c11-10(1-2-10)5-7-8(13)3-6(12)4-9(7)14/h3-4,12-14H,1-2,5,11H2. The fourth-order valence-corrected chi connectivity index (χ4v) is 1.50. The highest BCUT2D eigenvalue weighted by molar-refractivity contribution is 5.49. The molecule has 5 N–H and O–H groups in total. The Hall–Kier alpha value is -1.42. The third kappa shape index (κ3) is 1.61. The number of phenols is 3. The number of rotatable bonds is 2. The summed E-state index contributed by atoms with van der Waals surface area (Å²) in [4.78, 5) is 0. The van der Waals surface area contributed by atoms with Crippen LogP contribution in [0.3, 0.4) is 0 Å². The van der Waals surface area contributed by atoms with Crippen molar-refractivity contribution in [2.24, 2.45) is 5.73 Å². The first-order valence-corrected chi connectivity index (χ1v) is 4.53. The fourth-order valence-electron chi connectivity index (χ4n) is 1.50. The highest BCUT2D eigenvalue weighted by Gasteiger charge is 2.39. The molecule has 1 aliphatic rings. The first-order valence-electron chi connectivity index (χ1n) is 4.53. The van der Waals surface area contributed by atoms with Crippen LogP contribution in [0.4, 0.5) is 0 Å². The number of nitrogens with two attached hydrogens (primary N) is 1. The van der Waals surface area contributed by atoms with Crippen molar-refractivity contribution in [1.29, 1.82) is 0 Å². The lowest BCUT2D eigenvalue weighted by Crippen LogP contribution is -2.24. The van der Waals surface area contributed by atoms with E-state index in [9.17, 15) is 10.2 Å². The molecule has 0 radical (unpaired) electrons. The molecule has 1 aromatic rings. The number of aromatic hydroxyl groups is 3. The van der Waals surface area contributed by atoms with Gasteiger partial charge in [-0.3, -0.25) is 0 Å². The lowest BCUT2D eigenvalue weighted by atomic mass is 10.0. The number of hydrogen-bond acceptors (Lipinski definition) is 4. The van der Waals surface area contributed by atoms with Crippen LogP contribution in [0.2, 0.25) is 0 Å². The lowest BCUT2D eigenvalue weighted by molar-refractivity contribution is 0.414. The second kappa shape index (κ2) is 2.78. The van der Waals surface area contributed by atoms with Crippen molar-refractivity contribution < 1.29 is 15.3 Å². The molecule has 0 aliphatic heterocycles. The zero-order valence-electron chi connectivity index (χ0n) is 7.70. The van der Waals surface area contributed by atoms with Crippen molar-refractivity contribution >= 4 is 0 Å². The summed E-state index contributed by atoms with van der Waals surface area (Å²) in [6.45, 7) is 0. The third-order valence-electron chi connectivity index (χ3n) is 2.61. The first kappa shape index (κ1) is 9.15. The van der Waals surface area contributed by atoms with E-state index in [1.54, 1.807) is 0 Å². The van der Waals surface area contributed by atoms with Gasteiger partial charge >= 0.3 is 0 Å². The quantitative estimate of drug-likeness (QED) is 0.563. The van der Waals surface area contributed by atoms with E-state index >= 15 is 0 Å². The van der Waals surface area contributed by atoms with Crippen molar-refractivity contribution in [2.75, 3.05) is 0 Å². The van der Waals surface area contributed by atoms with Gasteiger partial charge in [0.15, 0.2) is 0 Å².